The Balaban J connectivity index is 1.71. The van der Waals surface area contributed by atoms with Gasteiger partial charge in [-0.2, -0.15) is 0 Å². The number of nitrogens with one attached hydrogen (secondary N) is 1. The second-order valence-electron chi connectivity index (χ2n) is 7.85. The molecule has 1 aliphatic rings. The Morgan fingerprint density at radius 2 is 2.07 bits per heavy atom. The van der Waals surface area contributed by atoms with Crippen molar-refractivity contribution in [1.29, 1.82) is 0 Å². The summed E-state index contributed by atoms with van der Waals surface area (Å²) in [4.78, 5) is 24.2. The molecule has 1 aromatic carbocycles. The molecule has 152 valence electrons. The molecule has 1 saturated carbocycles. The molecule has 0 saturated heterocycles. The van der Waals surface area contributed by atoms with Gasteiger partial charge in [-0.05, 0) is 36.3 Å². The van der Waals surface area contributed by atoms with Gasteiger partial charge in [0.25, 0.3) is 5.91 Å². The van der Waals surface area contributed by atoms with Gasteiger partial charge in [-0.1, -0.05) is 51.6 Å². The Bertz CT molecular complexity index is 907. The van der Waals surface area contributed by atoms with E-state index in [0.29, 0.717) is 28.2 Å². The fraction of sp³-hybridized carbons (Fsp3) is 0.545. The first-order valence-electron chi connectivity index (χ1n) is 10.1. The van der Waals surface area contributed by atoms with Crippen LogP contribution in [0.15, 0.2) is 27.4 Å². The van der Waals surface area contributed by atoms with Crippen molar-refractivity contribution in [1.82, 2.24) is 5.32 Å². The second-order valence-corrected chi connectivity index (χ2v) is 8.26. The Kier molecular flexibility index (Phi) is 6.65. The second kappa shape index (κ2) is 8.99. The van der Waals surface area contributed by atoms with Crippen LogP contribution in [0.25, 0.3) is 11.0 Å². The van der Waals surface area contributed by atoms with Crippen LogP contribution in [0.5, 0.6) is 5.75 Å². The van der Waals surface area contributed by atoms with Crippen LogP contribution in [0.1, 0.15) is 52.0 Å². The van der Waals surface area contributed by atoms with E-state index in [4.69, 9.17) is 20.8 Å². The largest absolute Gasteiger partial charge is 0.482 e. The summed E-state index contributed by atoms with van der Waals surface area (Å²) in [6, 6.07) is 5.02. The molecule has 0 aliphatic heterocycles. The van der Waals surface area contributed by atoms with Gasteiger partial charge in [-0.15, -0.1) is 0 Å². The number of hydrogen-bond acceptors (Lipinski definition) is 4. The number of halogens is 1. The molecule has 0 radical (unpaired) electrons. The summed E-state index contributed by atoms with van der Waals surface area (Å²) >= 11 is 6.36. The molecule has 3 rings (SSSR count). The van der Waals surface area contributed by atoms with Crippen LogP contribution < -0.4 is 15.7 Å². The van der Waals surface area contributed by atoms with Crippen LogP contribution in [-0.2, 0) is 11.2 Å². The highest BCUT2D eigenvalue weighted by atomic mass is 35.5. The maximum Gasteiger partial charge on any atom is 0.336 e. The number of rotatable bonds is 6. The molecule has 0 spiro atoms. The molecule has 1 fully saturated rings. The monoisotopic (exact) mass is 405 g/mol. The van der Waals surface area contributed by atoms with Gasteiger partial charge >= 0.3 is 5.63 Å². The van der Waals surface area contributed by atoms with Gasteiger partial charge in [0.05, 0.1) is 5.02 Å². The highest BCUT2D eigenvalue weighted by Crippen LogP contribution is 2.32. The van der Waals surface area contributed by atoms with Crippen molar-refractivity contribution in [3.8, 4) is 5.75 Å². The van der Waals surface area contributed by atoms with E-state index in [2.05, 4.69) is 19.2 Å². The molecule has 1 aromatic heterocycles. The van der Waals surface area contributed by atoms with Crippen LogP contribution in [0.4, 0.5) is 0 Å². The molecule has 3 atom stereocenters. The van der Waals surface area contributed by atoms with Gasteiger partial charge in [0.15, 0.2) is 6.61 Å². The smallest absolute Gasteiger partial charge is 0.336 e. The molecule has 1 amide bonds. The number of fused-ring (bicyclic) bond motifs is 1. The van der Waals surface area contributed by atoms with Crippen molar-refractivity contribution >= 4 is 28.5 Å². The average Bonchev–Trinajstić information content (AvgIpc) is 2.64. The molecule has 1 N–H and O–H groups in total. The van der Waals surface area contributed by atoms with E-state index in [0.717, 1.165) is 36.6 Å². The average molecular weight is 406 g/mol. The van der Waals surface area contributed by atoms with Crippen molar-refractivity contribution in [2.45, 2.75) is 58.9 Å². The van der Waals surface area contributed by atoms with Crippen molar-refractivity contribution in [2.24, 2.45) is 11.8 Å². The van der Waals surface area contributed by atoms with Crippen LogP contribution in [0.3, 0.4) is 0 Å². The van der Waals surface area contributed by atoms with Crippen molar-refractivity contribution in [3.63, 3.8) is 0 Å². The van der Waals surface area contributed by atoms with E-state index in [9.17, 15) is 9.59 Å². The summed E-state index contributed by atoms with van der Waals surface area (Å²) in [5.41, 5.74) is 0.924. The van der Waals surface area contributed by atoms with Crippen molar-refractivity contribution in [2.75, 3.05) is 6.61 Å². The zero-order chi connectivity index (χ0) is 20.3. The molecule has 6 heteroatoms. The van der Waals surface area contributed by atoms with Crippen LogP contribution in [0.2, 0.25) is 5.02 Å². The lowest BCUT2D eigenvalue weighted by Crippen LogP contribution is -2.45. The minimum atomic E-state index is -0.401. The molecule has 2 aromatic rings. The van der Waals surface area contributed by atoms with Gasteiger partial charge in [0.1, 0.15) is 11.3 Å². The van der Waals surface area contributed by atoms with Crippen molar-refractivity contribution in [3.05, 3.63) is 39.2 Å². The third-order valence-electron chi connectivity index (χ3n) is 5.81. The number of hydrogen-bond donors (Lipinski definition) is 1. The molecular weight excluding hydrogens is 378 g/mol. The summed E-state index contributed by atoms with van der Waals surface area (Å²) in [5, 5.41) is 4.27. The fourth-order valence-corrected chi connectivity index (χ4v) is 4.21. The fourth-order valence-electron chi connectivity index (χ4n) is 3.99. The van der Waals surface area contributed by atoms with Crippen LogP contribution in [0, 0.1) is 11.8 Å². The SMILES string of the molecule is CCCc1cc(=O)oc2cc(OCC(=O)N[C@@H]3CCC[C@@H](C)[C@@H]3C)c(Cl)cc12. The van der Waals surface area contributed by atoms with Gasteiger partial charge in [0, 0.05) is 23.6 Å². The maximum atomic E-state index is 12.4. The standard InChI is InChI=1S/C22H28ClNO4/c1-4-6-15-9-22(26)28-19-11-20(17(23)10-16(15)19)27-12-21(25)24-18-8-5-7-13(2)14(18)3/h9-11,13-14,18H,4-8,12H2,1-3H3,(H,24,25)/t13-,14+,18-/m1/s1. The molecule has 0 unspecified atom stereocenters. The predicted octanol–water partition coefficient (Wildman–Crippen LogP) is 4.72. The maximum absolute atomic E-state index is 12.4. The minimum absolute atomic E-state index is 0.123. The van der Waals surface area contributed by atoms with Gasteiger partial charge < -0.3 is 14.5 Å². The molecule has 28 heavy (non-hydrogen) atoms. The van der Waals surface area contributed by atoms with E-state index < -0.39 is 5.63 Å². The first kappa shape index (κ1) is 20.7. The third-order valence-corrected chi connectivity index (χ3v) is 6.11. The summed E-state index contributed by atoms with van der Waals surface area (Å²) in [5.74, 6) is 1.23. The highest BCUT2D eigenvalue weighted by molar-refractivity contribution is 6.32. The number of benzene rings is 1. The zero-order valence-corrected chi connectivity index (χ0v) is 17.5. The minimum Gasteiger partial charge on any atom is -0.482 e. The predicted molar refractivity (Wildman–Crippen MR) is 111 cm³/mol. The van der Waals surface area contributed by atoms with Crippen LogP contribution >= 0.6 is 11.6 Å². The van der Waals surface area contributed by atoms with E-state index in [1.54, 1.807) is 12.1 Å². The third kappa shape index (κ3) is 4.69. The Morgan fingerprint density at radius 3 is 2.82 bits per heavy atom. The van der Waals surface area contributed by atoms with Gasteiger partial charge in [-0.3, -0.25) is 4.79 Å². The number of carbonyl (C=O) groups is 1. The molecule has 1 aliphatic carbocycles. The summed E-state index contributed by atoms with van der Waals surface area (Å²) in [7, 11) is 0. The topological polar surface area (TPSA) is 68.5 Å². The lowest BCUT2D eigenvalue weighted by molar-refractivity contribution is -0.124. The number of aryl methyl sites for hydroxylation is 1. The first-order chi connectivity index (χ1) is 13.4. The molecular formula is C22H28ClNO4. The normalized spacial score (nSPS) is 22.2. The molecule has 1 heterocycles. The van der Waals surface area contributed by atoms with Crippen molar-refractivity contribution < 1.29 is 13.9 Å². The lowest BCUT2D eigenvalue weighted by atomic mass is 9.78. The number of amides is 1. The molecule has 0 bridgehead atoms. The quantitative estimate of drug-likeness (QED) is 0.706. The zero-order valence-electron chi connectivity index (χ0n) is 16.7. The molecule has 5 nitrogen and oxygen atoms in total. The highest BCUT2D eigenvalue weighted by Gasteiger charge is 2.28. The van der Waals surface area contributed by atoms with E-state index in [-0.39, 0.29) is 18.6 Å². The Labute approximate surface area is 170 Å². The van der Waals surface area contributed by atoms with E-state index in [1.807, 2.05) is 6.92 Å². The lowest BCUT2D eigenvalue weighted by Gasteiger charge is -2.34. The van der Waals surface area contributed by atoms with Crippen LogP contribution in [-0.4, -0.2) is 18.6 Å². The Hall–Kier alpha value is -2.01. The van der Waals surface area contributed by atoms with Gasteiger partial charge in [-0.25, -0.2) is 4.79 Å². The Morgan fingerprint density at radius 1 is 1.29 bits per heavy atom. The summed E-state index contributed by atoms with van der Waals surface area (Å²) in [6.07, 6.45) is 5.01. The van der Waals surface area contributed by atoms with Gasteiger partial charge in [0.2, 0.25) is 0 Å². The van der Waals surface area contributed by atoms with E-state index >= 15 is 0 Å². The summed E-state index contributed by atoms with van der Waals surface area (Å²) in [6.45, 7) is 6.34. The number of carbonyl (C=O) groups excluding carboxylic acids is 1. The first-order valence-corrected chi connectivity index (χ1v) is 10.4. The number of ether oxygens (including phenoxy) is 1. The van der Waals surface area contributed by atoms with E-state index in [1.165, 1.54) is 12.5 Å². The summed E-state index contributed by atoms with van der Waals surface area (Å²) < 4.78 is 10.9.